The largest absolute Gasteiger partial charge is 0.421 e. The smallest absolute Gasteiger partial charge is 0.322 e. The van der Waals surface area contributed by atoms with E-state index in [4.69, 9.17) is 10.5 Å². The van der Waals surface area contributed by atoms with Gasteiger partial charge in [-0.3, -0.25) is 4.79 Å². The third-order valence-electron chi connectivity index (χ3n) is 7.31. The molecule has 6 rings (SSSR count). The molecular formula is C34H27FN8O2S. The molecule has 12 heteroatoms. The Kier molecular flexibility index (Phi) is 7.77. The van der Waals surface area contributed by atoms with E-state index in [1.165, 1.54) is 23.5 Å². The predicted octanol–water partition coefficient (Wildman–Crippen LogP) is 7.34. The molecular weight excluding hydrogens is 603 g/mol. The molecule has 0 aliphatic carbocycles. The first kappa shape index (κ1) is 30.1. The first-order valence-corrected chi connectivity index (χ1v) is 14.9. The molecule has 10 nitrogen and oxygen atoms in total. The summed E-state index contributed by atoms with van der Waals surface area (Å²) >= 11 is 1.46. The van der Waals surface area contributed by atoms with Crippen molar-refractivity contribution in [3.05, 3.63) is 96.1 Å². The first-order valence-electron chi connectivity index (χ1n) is 14.0. The number of amides is 1. The van der Waals surface area contributed by atoms with Crippen molar-refractivity contribution >= 4 is 38.8 Å². The number of aryl methyl sites for hydroxylation is 3. The van der Waals surface area contributed by atoms with Gasteiger partial charge in [0, 0.05) is 64.0 Å². The minimum absolute atomic E-state index is 0.0338. The monoisotopic (exact) mass is 630 g/mol. The summed E-state index contributed by atoms with van der Waals surface area (Å²) in [6.07, 6.45) is 4.93. The minimum atomic E-state index is -0.617. The number of nitrogens with zero attached hydrogens (tertiary/aromatic N) is 6. The summed E-state index contributed by atoms with van der Waals surface area (Å²) in [5.41, 5.74) is 12.4. The molecule has 0 unspecified atom stereocenters. The highest BCUT2D eigenvalue weighted by atomic mass is 32.1. The Bertz CT molecular complexity index is 2250. The number of fused-ring (bicyclic) bond motifs is 1. The van der Waals surface area contributed by atoms with Crippen molar-refractivity contribution in [3.63, 3.8) is 0 Å². The zero-order valence-corrected chi connectivity index (χ0v) is 26.2. The van der Waals surface area contributed by atoms with Gasteiger partial charge in [0.2, 0.25) is 5.82 Å². The number of benzene rings is 2. The van der Waals surface area contributed by atoms with E-state index in [0.717, 1.165) is 20.7 Å². The van der Waals surface area contributed by atoms with Crippen LogP contribution in [-0.2, 0) is 11.8 Å². The molecule has 228 valence electrons. The maximum absolute atomic E-state index is 15.7. The maximum Gasteiger partial charge on any atom is 0.322 e. The summed E-state index contributed by atoms with van der Waals surface area (Å²) in [6.45, 7) is 9.06. The average molecular weight is 631 g/mol. The number of nitrogens with two attached hydrogens (primary N) is 1. The van der Waals surface area contributed by atoms with Crippen molar-refractivity contribution in [3.8, 4) is 50.7 Å². The van der Waals surface area contributed by atoms with Gasteiger partial charge in [-0.2, -0.15) is 5.26 Å². The standard InChI is InChI=1S/C34H27FN8O2S/c1-17(2)33(44)41-21-7-8-22(18(3)12-21)30-28(20-6-9-26(24(35)13-20)45-34-38-11-10-19(4)40-34)29-31(46-30)23(15-39-32(29)37)25-16-43(5)27(14-36)42-25/h6-13,15-16H,1H2,2-5H3,(H2,37,39)(H,41,44). The fourth-order valence-electron chi connectivity index (χ4n) is 5.02. The quantitative estimate of drug-likeness (QED) is 0.174. The third kappa shape index (κ3) is 5.55. The second-order valence-corrected chi connectivity index (χ2v) is 11.8. The van der Waals surface area contributed by atoms with Gasteiger partial charge in [0.05, 0.1) is 10.4 Å². The molecule has 0 spiro atoms. The summed E-state index contributed by atoms with van der Waals surface area (Å²) < 4.78 is 23.8. The lowest BCUT2D eigenvalue weighted by molar-refractivity contribution is -0.112. The fraction of sp³-hybridized carbons (Fsp3) is 0.118. The summed E-state index contributed by atoms with van der Waals surface area (Å²) in [4.78, 5) is 30.3. The van der Waals surface area contributed by atoms with Crippen LogP contribution in [0.3, 0.4) is 0 Å². The zero-order chi connectivity index (χ0) is 32.7. The molecule has 0 aliphatic rings. The second kappa shape index (κ2) is 11.9. The minimum Gasteiger partial charge on any atom is -0.421 e. The van der Waals surface area contributed by atoms with Crippen LogP contribution >= 0.6 is 11.3 Å². The Morgan fingerprint density at radius 3 is 2.61 bits per heavy atom. The molecule has 4 aromatic heterocycles. The maximum atomic E-state index is 15.7. The van der Waals surface area contributed by atoms with Gasteiger partial charge in [0.1, 0.15) is 11.9 Å². The van der Waals surface area contributed by atoms with E-state index in [1.807, 2.05) is 19.1 Å². The molecule has 6 aromatic rings. The first-order chi connectivity index (χ1) is 22.0. The summed E-state index contributed by atoms with van der Waals surface area (Å²) in [6, 6.07) is 14.1. The summed E-state index contributed by atoms with van der Waals surface area (Å²) in [7, 11) is 1.74. The molecule has 0 atom stereocenters. The number of nitrogen functional groups attached to an aromatic ring is 1. The van der Waals surface area contributed by atoms with Crippen LogP contribution in [0.1, 0.15) is 24.0 Å². The number of thiophene rings is 1. The van der Waals surface area contributed by atoms with Gasteiger partial charge in [-0.05, 0) is 67.8 Å². The Morgan fingerprint density at radius 1 is 1.13 bits per heavy atom. The number of halogens is 1. The van der Waals surface area contributed by atoms with Gasteiger partial charge in [-0.1, -0.05) is 18.7 Å². The van der Waals surface area contributed by atoms with Gasteiger partial charge in [-0.15, -0.1) is 11.3 Å². The number of nitriles is 1. The molecule has 0 saturated heterocycles. The highest BCUT2D eigenvalue weighted by Crippen LogP contribution is 2.50. The van der Waals surface area contributed by atoms with Crippen LogP contribution in [0.15, 0.2) is 73.2 Å². The number of aromatic nitrogens is 5. The molecule has 0 saturated carbocycles. The molecule has 0 aliphatic heterocycles. The molecule has 4 heterocycles. The lowest BCUT2D eigenvalue weighted by atomic mass is 9.96. The zero-order valence-electron chi connectivity index (χ0n) is 25.3. The van der Waals surface area contributed by atoms with E-state index in [1.54, 1.807) is 62.3 Å². The van der Waals surface area contributed by atoms with Crippen LogP contribution in [0.2, 0.25) is 0 Å². The van der Waals surface area contributed by atoms with Gasteiger partial charge in [0.15, 0.2) is 11.6 Å². The molecule has 0 radical (unpaired) electrons. The Balaban J connectivity index is 1.56. The number of ether oxygens (including phenoxy) is 1. The van der Waals surface area contributed by atoms with Crippen LogP contribution in [0.25, 0.3) is 42.9 Å². The number of hydrogen-bond acceptors (Lipinski definition) is 9. The Hall–Kier alpha value is -5.93. The van der Waals surface area contributed by atoms with Crippen molar-refractivity contribution < 1.29 is 13.9 Å². The number of hydrogen-bond donors (Lipinski definition) is 2. The van der Waals surface area contributed by atoms with Crippen molar-refractivity contribution in [1.29, 1.82) is 5.26 Å². The summed E-state index contributed by atoms with van der Waals surface area (Å²) in [5.74, 6) is -0.429. The average Bonchev–Trinajstić information content (AvgIpc) is 3.59. The van der Waals surface area contributed by atoms with Gasteiger partial charge < -0.3 is 20.4 Å². The van der Waals surface area contributed by atoms with Crippen molar-refractivity contribution in [2.45, 2.75) is 20.8 Å². The number of pyridine rings is 1. The van der Waals surface area contributed by atoms with Gasteiger partial charge >= 0.3 is 6.01 Å². The van der Waals surface area contributed by atoms with Gasteiger partial charge in [-0.25, -0.2) is 24.3 Å². The van der Waals surface area contributed by atoms with Crippen LogP contribution in [-0.4, -0.2) is 30.4 Å². The lowest BCUT2D eigenvalue weighted by Crippen LogP contribution is -2.11. The topological polar surface area (TPSA) is 145 Å². The fourth-order valence-corrected chi connectivity index (χ4v) is 6.46. The van der Waals surface area contributed by atoms with Crippen LogP contribution in [0.4, 0.5) is 15.9 Å². The van der Waals surface area contributed by atoms with E-state index in [0.29, 0.717) is 44.7 Å². The number of rotatable bonds is 7. The molecule has 46 heavy (non-hydrogen) atoms. The number of anilines is 2. The third-order valence-corrected chi connectivity index (χ3v) is 8.56. The second-order valence-electron chi connectivity index (χ2n) is 10.7. The molecule has 3 N–H and O–H groups in total. The Labute approximate surface area is 267 Å². The SMILES string of the molecule is C=C(C)C(=O)Nc1ccc(-c2sc3c(-c4cn(C)c(C#N)n4)cnc(N)c3c2-c2ccc(Oc3nccc(C)n3)c(F)c2)c(C)c1. The number of carbonyl (C=O) groups is 1. The molecule has 0 bridgehead atoms. The van der Waals surface area contributed by atoms with Crippen molar-refractivity contribution in [2.24, 2.45) is 7.05 Å². The van der Waals surface area contributed by atoms with Gasteiger partial charge in [0.25, 0.3) is 5.91 Å². The number of imidazole rings is 1. The molecule has 1 amide bonds. The van der Waals surface area contributed by atoms with Crippen LogP contribution < -0.4 is 15.8 Å². The highest BCUT2D eigenvalue weighted by Gasteiger charge is 2.24. The van der Waals surface area contributed by atoms with E-state index >= 15 is 4.39 Å². The Morgan fingerprint density at radius 2 is 1.93 bits per heavy atom. The van der Waals surface area contributed by atoms with Crippen molar-refractivity contribution in [2.75, 3.05) is 11.1 Å². The van der Waals surface area contributed by atoms with Crippen molar-refractivity contribution in [1.82, 2.24) is 24.5 Å². The number of carbonyl (C=O) groups excluding carboxylic acids is 1. The van der Waals surface area contributed by atoms with E-state index in [9.17, 15) is 10.1 Å². The van der Waals surface area contributed by atoms with Crippen LogP contribution in [0.5, 0.6) is 11.8 Å². The van der Waals surface area contributed by atoms with Crippen LogP contribution in [0, 0.1) is 31.0 Å². The number of nitrogens with one attached hydrogen (secondary N) is 1. The van der Waals surface area contributed by atoms with E-state index in [2.05, 4.69) is 37.9 Å². The normalized spacial score (nSPS) is 11.0. The summed E-state index contributed by atoms with van der Waals surface area (Å²) in [5, 5.41) is 13.0. The highest BCUT2D eigenvalue weighted by molar-refractivity contribution is 7.23. The predicted molar refractivity (Wildman–Crippen MR) is 177 cm³/mol. The molecule has 2 aromatic carbocycles. The molecule has 0 fully saturated rings. The van der Waals surface area contributed by atoms with E-state index < -0.39 is 5.82 Å². The van der Waals surface area contributed by atoms with E-state index in [-0.39, 0.29) is 29.3 Å². The lowest BCUT2D eigenvalue weighted by Gasteiger charge is -2.12.